The first-order chi connectivity index (χ1) is 8.17. The van der Waals surface area contributed by atoms with E-state index in [1.54, 1.807) is 0 Å². The normalized spacial score (nSPS) is 29.8. The van der Waals surface area contributed by atoms with Crippen LogP contribution in [0.15, 0.2) is 0 Å². The maximum Gasteiger partial charge on any atom is 0.0105 e. The largest absolute Gasteiger partial charge is 0.317 e. The van der Waals surface area contributed by atoms with E-state index in [-0.39, 0.29) is 0 Å². The zero-order valence-electron chi connectivity index (χ0n) is 12.3. The van der Waals surface area contributed by atoms with Crippen LogP contribution in [0.1, 0.15) is 52.4 Å². The van der Waals surface area contributed by atoms with Crippen molar-refractivity contribution in [2.75, 3.05) is 27.2 Å². The van der Waals surface area contributed by atoms with E-state index in [1.165, 1.54) is 51.6 Å². The highest BCUT2D eigenvalue weighted by Gasteiger charge is 2.28. The van der Waals surface area contributed by atoms with Gasteiger partial charge in [0.15, 0.2) is 0 Å². The summed E-state index contributed by atoms with van der Waals surface area (Å²) in [6.07, 6.45) is 8.24. The molecule has 0 aromatic heterocycles. The minimum Gasteiger partial charge on any atom is -0.317 e. The Bertz CT molecular complexity index is 193. The molecule has 1 fully saturated rings. The van der Waals surface area contributed by atoms with Crippen LogP contribution < -0.4 is 5.32 Å². The summed E-state index contributed by atoms with van der Waals surface area (Å²) in [4.78, 5) is 2.54. The molecule has 0 radical (unpaired) electrons. The molecule has 1 rings (SSSR count). The van der Waals surface area contributed by atoms with Gasteiger partial charge < -0.3 is 10.2 Å². The first-order valence-corrected chi connectivity index (χ1v) is 7.53. The van der Waals surface area contributed by atoms with Crippen molar-refractivity contribution >= 4 is 0 Å². The van der Waals surface area contributed by atoms with Crippen molar-refractivity contribution in [2.45, 2.75) is 58.4 Å². The van der Waals surface area contributed by atoms with E-state index in [1.807, 2.05) is 0 Å². The molecule has 0 heterocycles. The average molecular weight is 240 g/mol. The first kappa shape index (κ1) is 15.0. The lowest BCUT2D eigenvalue weighted by molar-refractivity contribution is 0.164. The van der Waals surface area contributed by atoms with Crippen LogP contribution in [0.25, 0.3) is 0 Å². The third kappa shape index (κ3) is 5.39. The van der Waals surface area contributed by atoms with Gasteiger partial charge in [0.2, 0.25) is 0 Å². The van der Waals surface area contributed by atoms with Crippen molar-refractivity contribution in [1.29, 1.82) is 0 Å². The van der Waals surface area contributed by atoms with Gasteiger partial charge in [-0.15, -0.1) is 0 Å². The summed E-state index contributed by atoms with van der Waals surface area (Å²) in [5, 5.41) is 3.52. The predicted octanol–water partition coefficient (Wildman–Crippen LogP) is 3.13. The molecule has 2 nitrogen and oxygen atoms in total. The number of unbranched alkanes of at least 4 members (excludes halogenated alkanes) is 2. The van der Waals surface area contributed by atoms with Gasteiger partial charge in [0.05, 0.1) is 0 Å². The van der Waals surface area contributed by atoms with Gasteiger partial charge in [0.1, 0.15) is 0 Å². The maximum absolute atomic E-state index is 3.52. The molecule has 1 saturated carbocycles. The number of nitrogens with one attached hydrogen (secondary N) is 1. The van der Waals surface area contributed by atoms with Gasteiger partial charge in [0, 0.05) is 12.6 Å². The topological polar surface area (TPSA) is 15.3 Å². The van der Waals surface area contributed by atoms with Gasteiger partial charge in [-0.3, -0.25) is 0 Å². The quantitative estimate of drug-likeness (QED) is 0.688. The molecule has 0 aromatic carbocycles. The Hall–Kier alpha value is -0.0800. The van der Waals surface area contributed by atoms with Crippen LogP contribution in [0.5, 0.6) is 0 Å². The Kier molecular flexibility index (Phi) is 7.14. The Labute approximate surface area is 108 Å². The van der Waals surface area contributed by atoms with E-state index >= 15 is 0 Å². The summed E-state index contributed by atoms with van der Waals surface area (Å²) < 4.78 is 0. The van der Waals surface area contributed by atoms with Crippen molar-refractivity contribution in [3.05, 3.63) is 0 Å². The molecule has 1 N–H and O–H groups in total. The summed E-state index contributed by atoms with van der Waals surface area (Å²) in [5.41, 5.74) is 0. The Morgan fingerprint density at radius 1 is 1.24 bits per heavy atom. The fourth-order valence-electron chi connectivity index (χ4n) is 3.20. The fourth-order valence-corrected chi connectivity index (χ4v) is 3.20. The number of hydrogen-bond acceptors (Lipinski definition) is 2. The van der Waals surface area contributed by atoms with Crippen molar-refractivity contribution in [1.82, 2.24) is 10.2 Å². The lowest BCUT2D eigenvalue weighted by atomic mass is 9.78. The molecule has 0 aromatic rings. The predicted molar refractivity (Wildman–Crippen MR) is 76.4 cm³/mol. The van der Waals surface area contributed by atoms with Crippen LogP contribution in [0.4, 0.5) is 0 Å². The van der Waals surface area contributed by atoms with E-state index in [4.69, 9.17) is 0 Å². The van der Waals surface area contributed by atoms with Crippen LogP contribution in [0.2, 0.25) is 0 Å². The molecule has 0 bridgehead atoms. The fraction of sp³-hybridized carbons (Fsp3) is 1.00. The van der Waals surface area contributed by atoms with Crippen LogP contribution >= 0.6 is 0 Å². The molecule has 0 spiro atoms. The van der Waals surface area contributed by atoms with Gasteiger partial charge in [-0.25, -0.2) is 0 Å². The second kappa shape index (κ2) is 8.10. The van der Waals surface area contributed by atoms with E-state index < -0.39 is 0 Å². The zero-order valence-corrected chi connectivity index (χ0v) is 12.3. The van der Waals surface area contributed by atoms with E-state index in [0.717, 1.165) is 17.9 Å². The molecular weight excluding hydrogens is 208 g/mol. The van der Waals surface area contributed by atoms with Crippen LogP contribution in [0.3, 0.4) is 0 Å². The third-order valence-electron chi connectivity index (χ3n) is 4.30. The lowest BCUT2D eigenvalue weighted by Crippen LogP contribution is -2.43. The molecule has 3 unspecified atom stereocenters. The Morgan fingerprint density at radius 3 is 2.65 bits per heavy atom. The van der Waals surface area contributed by atoms with Gasteiger partial charge in [-0.1, -0.05) is 26.7 Å². The molecule has 102 valence electrons. The minimum atomic E-state index is 0.750. The summed E-state index contributed by atoms with van der Waals surface area (Å²) in [5.74, 6) is 1.78. The highest BCUT2D eigenvalue weighted by molar-refractivity contribution is 4.84. The second-order valence-corrected chi connectivity index (χ2v) is 6.04. The van der Waals surface area contributed by atoms with Crippen molar-refractivity contribution in [3.63, 3.8) is 0 Å². The SMILES string of the molecule is CCCCCN(C)CC1CC(C)CCC1NC. The molecular formula is C15H32N2. The number of nitrogens with zero attached hydrogens (tertiary/aromatic N) is 1. The van der Waals surface area contributed by atoms with E-state index in [2.05, 4.69) is 38.2 Å². The summed E-state index contributed by atoms with van der Waals surface area (Å²) >= 11 is 0. The van der Waals surface area contributed by atoms with Crippen molar-refractivity contribution in [3.8, 4) is 0 Å². The van der Waals surface area contributed by atoms with Gasteiger partial charge >= 0.3 is 0 Å². The molecule has 0 aliphatic heterocycles. The Morgan fingerprint density at radius 2 is 2.00 bits per heavy atom. The van der Waals surface area contributed by atoms with Crippen molar-refractivity contribution in [2.24, 2.45) is 11.8 Å². The van der Waals surface area contributed by atoms with Gasteiger partial charge in [0.25, 0.3) is 0 Å². The second-order valence-electron chi connectivity index (χ2n) is 6.04. The minimum absolute atomic E-state index is 0.750. The standard InChI is InChI=1S/C15H32N2/c1-5-6-7-10-17(4)12-14-11-13(2)8-9-15(14)16-3/h13-16H,5-12H2,1-4H3. The number of rotatable bonds is 7. The van der Waals surface area contributed by atoms with Gasteiger partial charge in [-0.05, 0) is 58.2 Å². The maximum atomic E-state index is 3.52. The molecule has 2 heteroatoms. The molecule has 0 saturated heterocycles. The molecule has 0 amide bonds. The van der Waals surface area contributed by atoms with Crippen molar-refractivity contribution < 1.29 is 0 Å². The highest BCUT2D eigenvalue weighted by atomic mass is 15.1. The molecule has 1 aliphatic rings. The summed E-state index contributed by atoms with van der Waals surface area (Å²) in [6, 6.07) is 0.750. The molecule has 3 atom stereocenters. The third-order valence-corrected chi connectivity index (χ3v) is 4.30. The average Bonchev–Trinajstić information content (AvgIpc) is 2.29. The molecule has 17 heavy (non-hydrogen) atoms. The van der Waals surface area contributed by atoms with E-state index in [0.29, 0.717) is 0 Å². The summed E-state index contributed by atoms with van der Waals surface area (Å²) in [7, 11) is 4.42. The lowest BCUT2D eigenvalue weighted by Gasteiger charge is -2.37. The molecule has 1 aliphatic carbocycles. The van der Waals surface area contributed by atoms with Crippen LogP contribution in [-0.4, -0.2) is 38.1 Å². The zero-order chi connectivity index (χ0) is 12.7. The highest BCUT2D eigenvalue weighted by Crippen LogP contribution is 2.29. The van der Waals surface area contributed by atoms with E-state index in [9.17, 15) is 0 Å². The van der Waals surface area contributed by atoms with Crippen LogP contribution in [-0.2, 0) is 0 Å². The summed E-state index contributed by atoms with van der Waals surface area (Å²) in [6.45, 7) is 7.24. The monoisotopic (exact) mass is 240 g/mol. The smallest absolute Gasteiger partial charge is 0.0105 e. The van der Waals surface area contributed by atoms with Gasteiger partial charge in [-0.2, -0.15) is 0 Å². The van der Waals surface area contributed by atoms with Crippen LogP contribution in [0, 0.1) is 11.8 Å². The Balaban J connectivity index is 2.30. The number of hydrogen-bond donors (Lipinski definition) is 1. The first-order valence-electron chi connectivity index (χ1n) is 7.53.